The van der Waals surface area contributed by atoms with Crippen molar-refractivity contribution < 1.29 is 14.0 Å². The number of nitrogens with zero attached hydrogens (tertiary/aromatic N) is 2. The monoisotopic (exact) mass is 430 g/mol. The van der Waals surface area contributed by atoms with Gasteiger partial charge in [-0.3, -0.25) is 9.59 Å². The van der Waals surface area contributed by atoms with E-state index in [1.54, 1.807) is 24.3 Å². The van der Waals surface area contributed by atoms with Crippen LogP contribution in [0.2, 0.25) is 0 Å². The second-order valence-corrected chi connectivity index (χ2v) is 7.39. The normalized spacial score (nSPS) is 10.8. The van der Waals surface area contributed by atoms with Crippen LogP contribution in [0.5, 0.6) is 0 Å². The first-order valence-corrected chi connectivity index (χ1v) is 10.4. The Morgan fingerprint density at radius 1 is 0.938 bits per heavy atom. The number of fused-ring (bicyclic) bond motifs is 1. The van der Waals surface area contributed by atoms with Gasteiger partial charge in [-0.2, -0.15) is 0 Å². The molecule has 0 bridgehead atoms. The van der Waals surface area contributed by atoms with Crippen LogP contribution >= 0.6 is 0 Å². The molecule has 6 nitrogen and oxygen atoms in total. The number of aryl methyl sites for hydroxylation is 1. The van der Waals surface area contributed by atoms with Crippen LogP contribution < -0.4 is 10.6 Å². The molecule has 1 heterocycles. The lowest BCUT2D eigenvalue weighted by Gasteiger charge is -2.11. The molecule has 0 spiro atoms. The lowest BCUT2D eigenvalue weighted by molar-refractivity contribution is -0.116. The van der Waals surface area contributed by atoms with Gasteiger partial charge in [0.05, 0.1) is 11.0 Å². The van der Waals surface area contributed by atoms with Gasteiger partial charge < -0.3 is 15.2 Å². The quantitative estimate of drug-likeness (QED) is 0.412. The van der Waals surface area contributed by atoms with Gasteiger partial charge in [0, 0.05) is 24.2 Å². The number of benzene rings is 3. The minimum absolute atomic E-state index is 0.0583. The summed E-state index contributed by atoms with van der Waals surface area (Å²) in [4.78, 5) is 29.5. The van der Waals surface area contributed by atoms with Gasteiger partial charge in [0.25, 0.3) is 5.91 Å². The number of amides is 2. The van der Waals surface area contributed by atoms with Crippen LogP contribution in [0.4, 0.5) is 10.1 Å². The van der Waals surface area contributed by atoms with Crippen LogP contribution in [0.25, 0.3) is 11.0 Å². The van der Waals surface area contributed by atoms with Crippen LogP contribution in [0, 0.1) is 5.82 Å². The molecule has 0 aliphatic heterocycles. The van der Waals surface area contributed by atoms with Crippen molar-refractivity contribution in [2.75, 3.05) is 11.9 Å². The number of anilines is 1. The van der Waals surface area contributed by atoms with E-state index in [1.165, 1.54) is 12.1 Å². The Labute approximate surface area is 185 Å². The fourth-order valence-electron chi connectivity index (χ4n) is 3.54. The fraction of sp³-hybridized carbons (Fsp3) is 0.160. The van der Waals surface area contributed by atoms with E-state index in [0.717, 1.165) is 16.9 Å². The topological polar surface area (TPSA) is 76.0 Å². The number of hydrogen-bond donors (Lipinski definition) is 2. The highest BCUT2D eigenvalue weighted by atomic mass is 19.1. The summed E-state index contributed by atoms with van der Waals surface area (Å²) in [5.41, 5.74) is 2.68. The van der Waals surface area contributed by atoms with Crippen LogP contribution in [0.15, 0.2) is 78.9 Å². The van der Waals surface area contributed by atoms with E-state index in [-0.39, 0.29) is 18.4 Å². The van der Waals surface area contributed by atoms with Gasteiger partial charge in [0.1, 0.15) is 18.2 Å². The molecular weight excluding hydrogens is 407 g/mol. The minimum Gasteiger partial charge on any atom is -0.352 e. The van der Waals surface area contributed by atoms with Gasteiger partial charge in [-0.15, -0.1) is 0 Å². The van der Waals surface area contributed by atoms with E-state index in [9.17, 15) is 14.0 Å². The zero-order valence-electron chi connectivity index (χ0n) is 17.4. The first-order valence-electron chi connectivity index (χ1n) is 10.4. The maximum absolute atomic E-state index is 13.4. The molecule has 7 heteroatoms. The summed E-state index contributed by atoms with van der Waals surface area (Å²) in [6.07, 6.45) is 1.27. The van der Waals surface area contributed by atoms with Crippen LogP contribution in [0.3, 0.4) is 0 Å². The summed E-state index contributed by atoms with van der Waals surface area (Å²) in [5.74, 6) is -0.0328. The molecule has 1 aromatic heterocycles. The van der Waals surface area contributed by atoms with Crippen LogP contribution in [-0.2, 0) is 17.8 Å². The third-order valence-corrected chi connectivity index (χ3v) is 5.04. The molecule has 0 fully saturated rings. The van der Waals surface area contributed by atoms with Crippen molar-refractivity contribution in [1.29, 1.82) is 0 Å². The lowest BCUT2D eigenvalue weighted by atomic mass is 10.2. The smallest absolute Gasteiger partial charge is 0.251 e. The maximum atomic E-state index is 13.4. The van der Waals surface area contributed by atoms with Gasteiger partial charge in [0.15, 0.2) is 0 Å². The molecule has 32 heavy (non-hydrogen) atoms. The summed E-state index contributed by atoms with van der Waals surface area (Å²) >= 11 is 0. The largest absolute Gasteiger partial charge is 0.352 e. The van der Waals surface area contributed by atoms with Gasteiger partial charge in [-0.25, -0.2) is 9.37 Å². The van der Waals surface area contributed by atoms with E-state index in [2.05, 4.69) is 15.6 Å². The van der Waals surface area contributed by atoms with Crippen molar-refractivity contribution in [3.05, 3.63) is 96.1 Å². The van der Waals surface area contributed by atoms with Gasteiger partial charge in [0.2, 0.25) is 5.91 Å². The molecular formula is C25H23FN4O2. The van der Waals surface area contributed by atoms with Crippen molar-refractivity contribution in [1.82, 2.24) is 14.9 Å². The number of halogens is 1. The second kappa shape index (κ2) is 9.87. The third-order valence-electron chi connectivity index (χ3n) is 5.04. The van der Waals surface area contributed by atoms with Crippen molar-refractivity contribution in [2.45, 2.75) is 19.4 Å². The molecule has 2 N–H and O–H groups in total. The third kappa shape index (κ3) is 5.18. The van der Waals surface area contributed by atoms with E-state index in [4.69, 9.17) is 0 Å². The van der Waals surface area contributed by atoms with Crippen molar-refractivity contribution in [2.24, 2.45) is 0 Å². The zero-order valence-corrected chi connectivity index (χ0v) is 17.4. The number of aromatic nitrogens is 2. The Kier molecular flexibility index (Phi) is 6.55. The standard InChI is InChI=1S/C25H23FN4O2/c26-19-10-6-11-20(16-19)28-24(31)17-30-22-13-5-4-12-21(22)29-23(30)14-7-15-27-25(32)18-8-2-1-3-9-18/h1-6,8-13,16H,7,14-15,17H2,(H,27,32)(H,28,31). The van der Waals surface area contributed by atoms with Gasteiger partial charge >= 0.3 is 0 Å². The Morgan fingerprint density at radius 3 is 2.53 bits per heavy atom. The van der Waals surface area contributed by atoms with Crippen molar-refractivity contribution in [3.63, 3.8) is 0 Å². The summed E-state index contributed by atoms with van der Waals surface area (Å²) in [5, 5.41) is 5.64. The molecule has 0 aliphatic rings. The van der Waals surface area contributed by atoms with Gasteiger partial charge in [-0.05, 0) is 48.9 Å². The Hall–Kier alpha value is -4.00. The van der Waals surface area contributed by atoms with Crippen LogP contribution in [-0.4, -0.2) is 27.9 Å². The number of hydrogen-bond acceptors (Lipinski definition) is 3. The second-order valence-electron chi connectivity index (χ2n) is 7.39. The zero-order chi connectivity index (χ0) is 22.3. The molecule has 0 saturated carbocycles. The average molecular weight is 430 g/mol. The van der Waals surface area contributed by atoms with E-state index in [1.807, 2.05) is 47.0 Å². The minimum atomic E-state index is -0.408. The summed E-state index contributed by atoms with van der Waals surface area (Å²) in [6, 6.07) is 22.5. The average Bonchev–Trinajstić information content (AvgIpc) is 3.14. The van der Waals surface area contributed by atoms with Crippen molar-refractivity contribution >= 4 is 28.5 Å². The number of carbonyl (C=O) groups is 2. The Morgan fingerprint density at radius 2 is 1.72 bits per heavy atom. The van der Waals surface area contributed by atoms with Crippen molar-refractivity contribution in [3.8, 4) is 0 Å². The first-order chi connectivity index (χ1) is 15.6. The molecule has 0 atom stereocenters. The van der Waals surface area contributed by atoms with Crippen LogP contribution in [0.1, 0.15) is 22.6 Å². The number of nitrogens with one attached hydrogen (secondary N) is 2. The van der Waals surface area contributed by atoms with Gasteiger partial charge in [-0.1, -0.05) is 36.4 Å². The highest BCUT2D eigenvalue weighted by Crippen LogP contribution is 2.18. The predicted octanol–water partition coefficient (Wildman–Crippen LogP) is 4.18. The molecule has 162 valence electrons. The fourth-order valence-corrected chi connectivity index (χ4v) is 3.54. The first kappa shape index (κ1) is 21.2. The Bertz CT molecular complexity index is 1240. The van der Waals surface area contributed by atoms with E-state index in [0.29, 0.717) is 30.6 Å². The molecule has 2 amide bonds. The molecule has 0 saturated heterocycles. The number of carbonyl (C=O) groups excluding carboxylic acids is 2. The highest BCUT2D eigenvalue weighted by Gasteiger charge is 2.14. The molecule has 3 aromatic carbocycles. The van der Waals surface area contributed by atoms with E-state index < -0.39 is 5.82 Å². The summed E-state index contributed by atoms with van der Waals surface area (Å²) < 4.78 is 15.3. The number of para-hydroxylation sites is 2. The SMILES string of the molecule is O=C(Cn1c(CCCNC(=O)c2ccccc2)nc2ccccc21)Nc1cccc(F)c1. The van der Waals surface area contributed by atoms with E-state index >= 15 is 0 Å². The predicted molar refractivity (Wildman–Crippen MR) is 122 cm³/mol. The number of imidazole rings is 1. The molecule has 4 rings (SSSR count). The Balaban J connectivity index is 1.42. The highest BCUT2D eigenvalue weighted by molar-refractivity contribution is 5.94. The summed E-state index contributed by atoms with van der Waals surface area (Å²) in [7, 11) is 0. The lowest BCUT2D eigenvalue weighted by Crippen LogP contribution is -2.25. The molecule has 0 unspecified atom stereocenters. The molecule has 4 aromatic rings. The number of rotatable bonds is 8. The maximum Gasteiger partial charge on any atom is 0.251 e. The summed E-state index contributed by atoms with van der Waals surface area (Å²) in [6.45, 7) is 0.551. The molecule has 0 radical (unpaired) electrons. The molecule has 0 aliphatic carbocycles.